The maximum absolute atomic E-state index is 13.1. The molecule has 1 atom stereocenters. The first kappa shape index (κ1) is 18.7. The molecule has 2 heterocycles. The van der Waals surface area contributed by atoms with E-state index in [-0.39, 0.29) is 35.8 Å². The maximum atomic E-state index is 13.1. The van der Waals surface area contributed by atoms with E-state index in [9.17, 15) is 14.4 Å². The second-order valence-corrected chi connectivity index (χ2v) is 7.78. The second-order valence-electron chi connectivity index (χ2n) is 7.78. The Labute approximate surface area is 163 Å². The molecule has 1 aromatic carbocycles. The fourth-order valence-electron chi connectivity index (χ4n) is 3.96. The molecule has 2 fully saturated rings. The van der Waals surface area contributed by atoms with E-state index in [1.165, 1.54) is 0 Å². The number of H-pyrrole nitrogens is 1. The summed E-state index contributed by atoms with van der Waals surface area (Å²) in [5, 5.41) is 0.544. The van der Waals surface area contributed by atoms with Crippen LogP contribution in [0, 0.1) is 11.8 Å². The molecule has 1 aromatic heterocycles. The lowest BCUT2D eigenvalue weighted by molar-refractivity contribution is -0.141. The fraction of sp³-hybridized carbons (Fsp3) is 0.524. The summed E-state index contributed by atoms with van der Waals surface area (Å²) in [4.78, 5) is 48.7. The van der Waals surface area contributed by atoms with Crippen LogP contribution in [-0.4, -0.2) is 51.2 Å². The van der Waals surface area contributed by atoms with Gasteiger partial charge in [-0.3, -0.25) is 14.4 Å². The molecule has 1 unspecified atom stereocenters. The first-order chi connectivity index (χ1) is 13.6. The molecular weight excluding hydrogens is 356 g/mol. The predicted molar refractivity (Wildman–Crippen MR) is 105 cm³/mol. The molecule has 148 valence electrons. The molecule has 1 aliphatic carbocycles. The van der Waals surface area contributed by atoms with Crippen LogP contribution in [0.4, 0.5) is 0 Å². The van der Waals surface area contributed by atoms with Gasteiger partial charge >= 0.3 is 0 Å². The highest BCUT2D eigenvalue weighted by Gasteiger charge is 2.37. The lowest BCUT2D eigenvalue weighted by Crippen LogP contribution is -2.47. The largest absolute Gasteiger partial charge is 0.342 e. The van der Waals surface area contributed by atoms with E-state index in [1.54, 1.807) is 23.1 Å². The molecule has 2 amide bonds. The quantitative estimate of drug-likeness (QED) is 0.856. The lowest BCUT2D eigenvalue weighted by atomic mass is 9.96. The number of carbonyl (C=O) groups excluding carboxylic acids is 2. The van der Waals surface area contributed by atoms with E-state index in [4.69, 9.17) is 0 Å². The van der Waals surface area contributed by atoms with Gasteiger partial charge in [0.15, 0.2) is 0 Å². The average Bonchev–Trinajstić information content (AvgIpc) is 3.56. The number of likely N-dealkylation sites (tertiary alicyclic amines) is 1. The number of aromatic nitrogens is 2. The van der Waals surface area contributed by atoms with Crippen molar-refractivity contribution in [3.8, 4) is 0 Å². The van der Waals surface area contributed by atoms with Gasteiger partial charge in [-0.25, -0.2) is 4.98 Å². The first-order valence-corrected chi connectivity index (χ1v) is 10.1. The van der Waals surface area contributed by atoms with Crippen LogP contribution in [0.15, 0.2) is 29.1 Å². The smallest absolute Gasteiger partial charge is 0.258 e. The summed E-state index contributed by atoms with van der Waals surface area (Å²) in [5.41, 5.74) is 0.437. The summed E-state index contributed by atoms with van der Waals surface area (Å²) in [5.74, 6) is 0.736. The van der Waals surface area contributed by atoms with Crippen molar-refractivity contribution in [1.82, 2.24) is 19.8 Å². The number of hydrogen-bond donors (Lipinski definition) is 1. The fourth-order valence-corrected chi connectivity index (χ4v) is 3.96. The van der Waals surface area contributed by atoms with E-state index < -0.39 is 0 Å². The highest BCUT2D eigenvalue weighted by atomic mass is 16.2. The van der Waals surface area contributed by atoms with Crippen molar-refractivity contribution in [2.45, 2.75) is 39.2 Å². The van der Waals surface area contributed by atoms with Crippen molar-refractivity contribution in [2.24, 2.45) is 11.8 Å². The van der Waals surface area contributed by atoms with E-state index in [2.05, 4.69) is 9.97 Å². The lowest BCUT2D eigenvalue weighted by Gasteiger charge is -2.34. The SMILES string of the molecule is CCN(Cc1nc2ccccc2c(=O)[nH]1)C(=O)C1CCCN(C(=O)C2CC2)C1. The Morgan fingerprint density at radius 1 is 1.21 bits per heavy atom. The molecule has 4 rings (SSSR count). The summed E-state index contributed by atoms with van der Waals surface area (Å²) in [6.45, 7) is 3.98. The topological polar surface area (TPSA) is 86.4 Å². The van der Waals surface area contributed by atoms with E-state index >= 15 is 0 Å². The number of nitrogens with one attached hydrogen (secondary N) is 1. The van der Waals surface area contributed by atoms with Crippen molar-refractivity contribution in [2.75, 3.05) is 19.6 Å². The Morgan fingerprint density at radius 3 is 2.75 bits per heavy atom. The van der Waals surface area contributed by atoms with Crippen LogP contribution in [0.1, 0.15) is 38.4 Å². The third-order valence-electron chi connectivity index (χ3n) is 5.70. The zero-order chi connectivity index (χ0) is 19.7. The summed E-state index contributed by atoms with van der Waals surface area (Å²) in [7, 11) is 0. The second kappa shape index (κ2) is 7.73. The van der Waals surface area contributed by atoms with Gasteiger partial charge in [-0.1, -0.05) is 12.1 Å². The summed E-state index contributed by atoms with van der Waals surface area (Å²) in [6.07, 6.45) is 3.62. The predicted octanol–water partition coefficient (Wildman–Crippen LogP) is 1.92. The van der Waals surface area contributed by atoms with Crippen molar-refractivity contribution in [3.63, 3.8) is 0 Å². The molecule has 1 saturated heterocycles. The number of fused-ring (bicyclic) bond motifs is 1. The Bertz CT molecular complexity index is 950. The highest BCUT2D eigenvalue weighted by molar-refractivity contribution is 5.83. The number of amides is 2. The molecule has 2 aliphatic rings. The summed E-state index contributed by atoms with van der Waals surface area (Å²) < 4.78 is 0. The van der Waals surface area contributed by atoms with Gasteiger partial charge in [0.2, 0.25) is 11.8 Å². The van der Waals surface area contributed by atoms with Crippen molar-refractivity contribution >= 4 is 22.7 Å². The van der Waals surface area contributed by atoms with Crippen LogP contribution in [-0.2, 0) is 16.1 Å². The minimum atomic E-state index is -0.192. The molecule has 1 aliphatic heterocycles. The molecular formula is C21H26N4O3. The Balaban J connectivity index is 1.48. The molecule has 0 spiro atoms. The molecule has 0 radical (unpaired) electrons. The van der Waals surface area contributed by atoms with Crippen LogP contribution in [0.3, 0.4) is 0 Å². The highest BCUT2D eigenvalue weighted by Crippen LogP contribution is 2.32. The summed E-state index contributed by atoms with van der Waals surface area (Å²) >= 11 is 0. The minimum Gasteiger partial charge on any atom is -0.342 e. The van der Waals surface area contributed by atoms with Gasteiger partial charge in [0.05, 0.1) is 23.4 Å². The molecule has 0 bridgehead atoms. The monoisotopic (exact) mass is 382 g/mol. The maximum Gasteiger partial charge on any atom is 0.258 e. The van der Waals surface area contributed by atoms with Crippen LogP contribution in [0.5, 0.6) is 0 Å². The van der Waals surface area contributed by atoms with E-state index in [1.807, 2.05) is 17.9 Å². The van der Waals surface area contributed by atoms with Gasteiger partial charge in [-0.05, 0) is 44.7 Å². The number of nitrogens with zero attached hydrogens (tertiary/aromatic N) is 3. The van der Waals surface area contributed by atoms with Crippen LogP contribution in [0.25, 0.3) is 10.9 Å². The molecule has 1 N–H and O–H groups in total. The average molecular weight is 382 g/mol. The minimum absolute atomic E-state index is 0.0339. The van der Waals surface area contributed by atoms with Crippen molar-refractivity contribution in [3.05, 3.63) is 40.4 Å². The third kappa shape index (κ3) is 3.79. The number of piperidine rings is 1. The van der Waals surface area contributed by atoms with Gasteiger partial charge in [-0.2, -0.15) is 0 Å². The molecule has 1 saturated carbocycles. The number of para-hydroxylation sites is 1. The molecule has 7 heteroatoms. The summed E-state index contributed by atoms with van der Waals surface area (Å²) in [6, 6.07) is 7.18. The zero-order valence-electron chi connectivity index (χ0n) is 16.2. The van der Waals surface area contributed by atoms with Crippen LogP contribution in [0.2, 0.25) is 0 Å². The van der Waals surface area contributed by atoms with Gasteiger partial charge in [0.1, 0.15) is 5.82 Å². The molecule has 7 nitrogen and oxygen atoms in total. The van der Waals surface area contributed by atoms with E-state index in [0.717, 1.165) is 32.2 Å². The Kier molecular flexibility index (Phi) is 5.15. The number of hydrogen-bond acceptors (Lipinski definition) is 4. The van der Waals surface area contributed by atoms with Gasteiger partial charge in [0.25, 0.3) is 5.56 Å². The number of rotatable bonds is 5. The number of benzene rings is 1. The Morgan fingerprint density at radius 2 is 2.00 bits per heavy atom. The third-order valence-corrected chi connectivity index (χ3v) is 5.70. The normalized spacial score (nSPS) is 19.6. The van der Waals surface area contributed by atoms with Gasteiger partial charge in [-0.15, -0.1) is 0 Å². The van der Waals surface area contributed by atoms with Gasteiger partial charge < -0.3 is 14.8 Å². The molecule has 2 aromatic rings. The van der Waals surface area contributed by atoms with Crippen LogP contribution >= 0.6 is 0 Å². The van der Waals surface area contributed by atoms with Crippen LogP contribution < -0.4 is 5.56 Å². The van der Waals surface area contributed by atoms with Crippen molar-refractivity contribution < 1.29 is 9.59 Å². The first-order valence-electron chi connectivity index (χ1n) is 10.1. The standard InChI is InChI=1S/C21H26N4O3/c1-2-24(13-18-22-17-8-4-3-7-16(17)19(26)23-18)21(28)15-6-5-11-25(12-15)20(27)14-9-10-14/h3-4,7-8,14-15H,2,5-6,9-13H2,1H3,(H,22,23,26). The van der Waals surface area contributed by atoms with Crippen molar-refractivity contribution in [1.29, 1.82) is 0 Å². The van der Waals surface area contributed by atoms with E-state index in [0.29, 0.717) is 29.8 Å². The number of carbonyl (C=O) groups is 2. The Hall–Kier alpha value is -2.70. The van der Waals surface area contributed by atoms with Gasteiger partial charge in [0, 0.05) is 25.6 Å². The number of aromatic amines is 1. The zero-order valence-corrected chi connectivity index (χ0v) is 16.2. The molecule has 28 heavy (non-hydrogen) atoms.